The zero-order chi connectivity index (χ0) is 12.0. The second-order valence-corrected chi connectivity index (χ2v) is 4.25. The smallest absolute Gasteiger partial charge is 0.135 e. The van der Waals surface area contributed by atoms with Crippen LogP contribution in [0.1, 0.15) is 39.2 Å². The molecule has 1 aromatic rings. The van der Waals surface area contributed by atoms with Gasteiger partial charge in [-0.2, -0.15) is 0 Å². The molecule has 3 nitrogen and oxygen atoms in total. The lowest BCUT2D eigenvalue weighted by atomic mass is 10.0. The molecule has 2 N–H and O–H groups in total. The minimum atomic E-state index is 0.232. The zero-order valence-corrected chi connectivity index (χ0v) is 10.4. The summed E-state index contributed by atoms with van der Waals surface area (Å²) in [6, 6.07) is 3.85. The Bertz CT molecular complexity index is 345. The highest BCUT2D eigenvalue weighted by Gasteiger charge is 2.11. The van der Waals surface area contributed by atoms with Gasteiger partial charge in [0.1, 0.15) is 5.82 Å². The van der Waals surface area contributed by atoms with E-state index in [1.165, 1.54) is 0 Å². The molecule has 1 rings (SSSR count). The number of pyridine rings is 1. The van der Waals surface area contributed by atoms with Crippen molar-refractivity contribution in [1.29, 1.82) is 5.41 Å². The highest BCUT2D eigenvalue weighted by atomic mass is 15.0. The van der Waals surface area contributed by atoms with Crippen LogP contribution < -0.4 is 5.32 Å². The topological polar surface area (TPSA) is 48.8 Å². The van der Waals surface area contributed by atoms with E-state index in [2.05, 4.69) is 17.2 Å². The lowest BCUT2D eigenvalue weighted by molar-refractivity contribution is 0.829. The third-order valence-electron chi connectivity index (χ3n) is 2.50. The van der Waals surface area contributed by atoms with Crippen LogP contribution in [0.4, 0.5) is 5.82 Å². The molecule has 0 aliphatic rings. The molecule has 0 amide bonds. The van der Waals surface area contributed by atoms with Crippen molar-refractivity contribution in [3.8, 4) is 0 Å². The first-order valence-corrected chi connectivity index (χ1v) is 5.94. The Hall–Kier alpha value is -1.38. The molecule has 0 spiro atoms. The Morgan fingerprint density at radius 2 is 2.25 bits per heavy atom. The van der Waals surface area contributed by atoms with Crippen LogP contribution in [0.5, 0.6) is 0 Å². The van der Waals surface area contributed by atoms with E-state index in [1.807, 2.05) is 26.0 Å². The van der Waals surface area contributed by atoms with Crippen molar-refractivity contribution in [3.05, 3.63) is 23.9 Å². The summed E-state index contributed by atoms with van der Waals surface area (Å²) in [4.78, 5) is 4.30. The van der Waals surface area contributed by atoms with Gasteiger partial charge in [0.2, 0.25) is 0 Å². The van der Waals surface area contributed by atoms with Gasteiger partial charge < -0.3 is 10.7 Å². The SMILES string of the molecule is CCCCNc1ncccc1C(=N)C(C)C. The van der Waals surface area contributed by atoms with E-state index in [4.69, 9.17) is 5.41 Å². The summed E-state index contributed by atoms with van der Waals surface area (Å²) in [5.74, 6) is 1.07. The Kier molecular flexibility index (Phi) is 4.96. The summed E-state index contributed by atoms with van der Waals surface area (Å²) < 4.78 is 0. The molecule has 0 saturated carbocycles. The van der Waals surface area contributed by atoms with E-state index in [-0.39, 0.29) is 5.92 Å². The number of hydrogen-bond donors (Lipinski definition) is 2. The number of unbranched alkanes of at least 4 members (excludes halogenated alkanes) is 1. The quantitative estimate of drug-likeness (QED) is 0.569. The Labute approximate surface area is 97.8 Å². The number of aromatic nitrogens is 1. The first-order chi connectivity index (χ1) is 7.66. The van der Waals surface area contributed by atoms with E-state index < -0.39 is 0 Å². The molecule has 0 aliphatic carbocycles. The Morgan fingerprint density at radius 3 is 2.88 bits per heavy atom. The van der Waals surface area contributed by atoms with Crippen LogP contribution in [0.3, 0.4) is 0 Å². The van der Waals surface area contributed by atoms with Gasteiger partial charge in [-0.05, 0) is 24.5 Å². The zero-order valence-electron chi connectivity index (χ0n) is 10.4. The summed E-state index contributed by atoms with van der Waals surface area (Å²) in [5.41, 5.74) is 1.57. The van der Waals surface area contributed by atoms with Gasteiger partial charge in [-0.1, -0.05) is 27.2 Å². The van der Waals surface area contributed by atoms with Crippen molar-refractivity contribution in [1.82, 2.24) is 4.98 Å². The van der Waals surface area contributed by atoms with Crippen molar-refractivity contribution in [3.63, 3.8) is 0 Å². The van der Waals surface area contributed by atoms with Crippen molar-refractivity contribution in [2.75, 3.05) is 11.9 Å². The second kappa shape index (κ2) is 6.26. The van der Waals surface area contributed by atoms with Crippen LogP contribution in [-0.2, 0) is 0 Å². The molecular formula is C13H21N3. The van der Waals surface area contributed by atoms with Crippen molar-refractivity contribution in [2.45, 2.75) is 33.6 Å². The normalized spacial score (nSPS) is 10.5. The molecular weight excluding hydrogens is 198 g/mol. The van der Waals surface area contributed by atoms with Crippen molar-refractivity contribution in [2.24, 2.45) is 5.92 Å². The fourth-order valence-electron chi connectivity index (χ4n) is 1.46. The molecule has 0 atom stereocenters. The number of anilines is 1. The van der Waals surface area contributed by atoms with E-state index in [0.29, 0.717) is 5.71 Å². The highest BCUT2D eigenvalue weighted by Crippen LogP contribution is 2.16. The molecule has 88 valence electrons. The monoisotopic (exact) mass is 219 g/mol. The Morgan fingerprint density at radius 1 is 1.50 bits per heavy atom. The average molecular weight is 219 g/mol. The predicted molar refractivity (Wildman–Crippen MR) is 69.3 cm³/mol. The van der Waals surface area contributed by atoms with Gasteiger partial charge >= 0.3 is 0 Å². The second-order valence-electron chi connectivity index (χ2n) is 4.25. The van der Waals surface area contributed by atoms with Crippen LogP contribution in [0.15, 0.2) is 18.3 Å². The highest BCUT2D eigenvalue weighted by molar-refractivity contribution is 6.03. The Balaban J connectivity index is 2.79. The molecule has 0 aliphatic heterocycles. The van der Waals surface area contributed by atoms with E-state index >= 15 is 0 Å². The number of rotatable bonds is 6. The predicted octanol–water partition coefficient (Wildman–Crippen LogP) is 3.32. The number of nitrogens with one attached hydrogen (secondary N) is 2. The summed E-state index contributed by atoms with van der Waals surface area (Å²) >= 11 is 0. The molecule has 0 radical (unpaired) electrons. The maximum atomic E-state index is 8.03. The van der Waals surface area contributed by atoms with Crippen molar-refractivity contribution < 1.29 is 0 Å². The van der Waals surface area contributed by atoms with Gasteiger partial charge in [0.25, 0.3) is 0 Å². The standard InChI is InChI=1S/C13H21N3/c1-4-5-8-15-13-11(7-6-9-16-13)12(14)10(2)3/h6-7,9-10,14H,4-5,8H2,1-3H3,(H,15,16). The molecule has 0 fully saturated rings. The van der Waals surface area contributed by atoms with E-state index in [9.17, 15) is 0 Å². The lowest BCUT2D eigenvalue weighted by Gasteiger charge is -2.13. The number of hydrogen-bond acceptors (Lipinski definition) is 3. The molecule has 1 aromatic heterocycles. The van der Waals surface area contributed by atoms with Gasteiger partial charge in [0, 0.05) is 24.0 Å². The molecule has 0 aromatic carbocycles. The van der Waals surface area contributed by atoms with Gasteiger partial charge in [0.05, 0.1) is 0 Å². The van der Waals surface area contributed by atoms with Gasteiger partial charge in [-0.3, -0.25) is 0 Å². The first-order valence-electron chi connectivity index (χ1n) is 5.94. The van der Waals surface area contributed by atoms with E-state index in [1.54, 1.807) is 6.20 Å². The summed E-state index contributed by atoms with van der Waals surface area (Å²) in [6.45, 7) is 7.15. The minimum Gasteiger partial charge on any atom is -0.370 e. The van der Waals surface area contributed by atoms with E-state index in [0.717, 1.165) is 30.8 Å². The third kappa shape index (κ3) is 3.33. The first kappa shape index (κ1) is 12.7. The van der Waals surface area contributed by atoms with Crippen LogP contribution in [0, 0.1) is 11.3 Å². The minimum absolute atomic E-state index is 0.232. The summed E-state index contributed by atoms with van der Waals surface area (Å²) in [7, 11) is 0. The molecule has 16 heavy (non-hydrogen) atoms. The van der Waals surface area contributed by atoms with Crippen molar-refractivity contribution >= 4 is 11.5 Å². The summed E-state index contributed by atoms with van der Waals surface area (Å²) in [5, 5.41) is 11.3. The van der Waals surface area contributed by atoms with Gasteiger partial charge in [-0.15, -0.1) is 0 Å². The lowest BCUT2D eigenvalue weighted by Crippen LogP contribution is -2.13. The van der Waals surface area contributed by atoms with Crippen LogP contribution >= 0.6 is 0 Å². The average Bonchev–Trinajstić information content (AvgIpc) is 2.29. The largest absolute Gasteiger partial charge is 0.370 e. The van der Waals surface area contributed by atoms with Crippen LogP contribution in [0.2, 0.25) is 0 Å². The molecule has 3 heteroatoms. The van der Waals surface area contributed by atoms with Crippen LogP contribution in [-0.4, -0.2) is 17.2 Å². The van der Waals surface area contributed by atoms with Gasteiger partial charge in [0.15, 0.2) is 0 Å². The molecule has 0 bridgehead atoms. The molecule has 1 heterocycles. The summed E-state index contributed by atoms with van der Waals surface area (Å²) in [6.07, 6.45) is 4.06. The molecule has 0 saturated heterocycles. The fourth-order valence-corrected chi connectivity index (χ4v) is 1.46. The third-order valence-corrected chi connectivity index (χ3v) is 2.50. The number of nitrogens with zero attached hydrogens (tertiary/aromatic N) is 1. The molecule has 0 unspecified atom stereocenters. The van der Waals surface area contributed by atoms with Gasteiger partial charge in [-0.25, -0.2) is 4.98 Å². The fraction of sp³-hybridized carbons (Fsp3) is 0.538. The maximum Gasteiger partial charge on any atom is 0.135 e. The maximum absolute atomic E-state index is 8.03. The van der Waals surface area contributed by atoms with Crippen LogP contribution in [0.25, 0.3) is 0 Å².